The van der Waals surface area contributed by atoms with Gasteiger partial charge in [0.05, 0.1) is 12.0 Å². The van der Waals surface area contributed by atoms with E-state index in [1.807, 2.05) is 12.1 Å². The molecule has 1 aromatic rings. The molecule has 1 rings (SSSR count). The number of nitriles is 1. The van der Waals surface area contributed by atoms with Gasteiger partial charge in [0, 0.05) is 0 Å². The molecule has 1 aromatic carbocycles. The first-order chi connectivity index (χ1) is 7.29. The van der Waals surface area contributed by atoms with Crippen LogP contribution in [0.1, 0.15) is 49.7 Å². The molecule has 0 heterocycles. The van der Waals surface area contributed by atoms with Gasteiger partial charge in [-0.05, 0) is 24.5 Å². The highest BCUT2D eigenvalue weighted by Gasteiger charge is 2.11. The third-order valence-electron chi connectivity index (χ3n) is 2.82. The molecule has 0 spiro atoms. The maximum absolute atomic E-state index is 9.15. The topological polar surface area (TPSA) is 23.8 Å². The molecule has 1 atom stereocenters. The van der Waals surface area contributed by atoms with Crippen molar-refractivity contribution in [1.29, 1.82) is 5.26 Å². The van der Waals surface area contributed by atoms with Crippen LogP contribution in [0.25, 0.3) is 0 Å². The molecule has 0 aliphatic heterocycles. The molecule has 1 unspecified atom stereocenters. The highest BCUT2D eigenvalue weighted by atomic mass is 14.3. The average Bonchev–Trinajstić information content (AvgIpc) is 2.26. The van der Waals surface area contributed by atoms with Gasteiger partial charge in [0.2, 0.25) is 0 Å². The summed E-state index contributed by atoms with van der Waals surface area (Å²) in [4.78, 5) is 0. The van der Waals surface area contributed by atoms with Crippen LogP contribution in [-0.2, 0) is 0 Å². The molecule has 0 amide bonds. The van der Waals surface area contributed by atoms with Crippen LogP contribution in [-0.4, -0.2) is 0 Å². The van der Waals surface area contributed by atoms with Crippen LogP contribution in [0, 0.1) is 18.3 Å². The highest BCUT2D eigenvalue weighted by molar-refractivity contribution is 5.32. The van der Waals surface area contributed by atoms with Gasteiger partial charge < -0.3 is 0 Å². The fourth-order valence-corrected chi connectivity index (χ4v) is 1.87. The molecular formula is C14H19N. The maximum Gasteiger partial charge on any atom is 0.0715 e. The number of hydrogen-bond acceptors (Lipinski definition) is 1. The summed E-state index contributed by atoms with van der Waals surface area (Å²) in [5.74, 6) is 0.0812. The van der Waals surface area contributed by atoms with E-state index in [0.29, 0.717) is 0 Å². The van der Waals surface area contributed by atoms with Crippen molar-refractivity contribution in [3.63, 3.8) is 0 Å². The van der Waals surface area contributed by atoms with E-state index >= 15 is 0 Å². The molecule has 0 saturated carbocycles. The van der Waals surface area contributed by atoms with Crippen LogP contribution in [0.5, 0.6) is 0 Å². The van der Waals surface area contributed by atoms with Crippen LogP contribution < -0.4 is 0 Å². The van der Waals surface area contributed by atoms with Gasteiger partial charge in [-0.15, -0.1) is 0 Å². The molecule has 0 aliphatic carbocycles. The number of hydrogen-bond donors (Lipinski definition) is 0. The number of rotatable bonds is 5. The second-order valence-electron chi connectivity index (χ2n) is 4.03. The zero-order chi connectivity index (χ0) is 11.1. The van der Waals surface area contributed by atoms with Gasteiger partial charge in [-0.2, -0.15) is 5.26 Å². The Hall–Kier alpha value is -1.29. The molecule has 1 heteroatoms. The molecule has 0 radical (unpaired) electrons. The molecule has 0 fully saturated rings. The summed E-state index contributed by atoms with van der Waals surface area (Å²) >= 11 is 0. The summed E-state index contributed by atoms with van der Waals surface area (Å²) in [6.07, 6.45) is 4.59. The SMILES string of the molecule is CCCCCC(C#N)c1ccccc1C. The molecule has 80 valence electrons. The Labute approximate surface area is 92.7 Å². The van der Waals surface area contributed by atoms with Crippen LogP contribution >= 0.6 is 0 Å². The summed E-state index contributed by atoms with van der Waals surface area (Å²) in [6.45, 7) is 4.27. The zero-order valence-electron chi connectivity index (χ0n) is 9.66. The quantitative estimate of drug-likeness (QED) is 0.655. The van der Waals surface area contributed by atoms with E-state index in [1.165, 1.54) is 24.0 Å². The Morgan fingerprint density at radius 2 is 2.00 bits per heavy atom. The van der Waals surface area contributed by atoms with Crippen molar-refractivity contribution in [2.75, 3.05) is 0 Å². The van der Waals surface area contributed by atoms with E-state index in [-0.39, 0.29) is 5.92 Å². The molecule has 0 N–H and O–H groups in total. The number of nitrogens with zero attached hydrogens (tertiary/aromatic N) is 1. The van der Waals surface area contributed by atoms with Gasteiger partial charge in [0.15, 0.2) is 0 Å². The molecule has 0 aromatic heterocycles. The lowest BCUT2D eigenvalue weighted by atomic mass is 9.91. The first-order valence-electron chi connectivity index (χ1n) is 5.74. The van der Waals surface area contributed by atoms with E-state index in [9.17, 15) is 0 Å². The molecule has 0 aliphatic rings. The van der Waals surface area contributed by atoms with E-state index < -0.39 is 0 Å². The summed E-state index contributed by atoms with van der Waals surface area (Å²) in [5, 5.41) is 9.15. The van der Waals surface area contributed by atoms with E-state index in [0.717, 1.165) is 12.8 Å². The lowest BCUT2D eigenvalue weighted by molar-refractivity contribution is 0.632. The van der Waals surface area contributed by atoms with Crippen LogP contribution in [0.2, 0.25) is 0 Å². The van der Waals surface area contributed by atoms with Crippen molar-refractivity contribution >= 4 is 0 Å². The lowest BCUT2D eigenvalue weighted by Crippen LogP contribution is -1.98. The van der Waals surface area contributed by atoms with Crippen molar-refractivity contribution in [3.05, 3.63) is 35.4 Å². The van der Waals surface area contributed by atoms with Crippen molar-refractivity contribution in [1.82, 2.24) is 0 Å². The van der Waals surface area contributed by atoms with Gasteiger partial charge in [-0.1, -0.05) is 50.5 Å². The van der Waals surface area contributed by atoms with Gasteiger partial charge in [0.25, 0.3) is 0 Å². The third-order valence-corrected chi connectivity index (χ3v) is 2.82. The van der Waals surface area contributed by atoms with Gasteiger partial charge in [0.1, 0.15) is 0 Å². The molecular weight excluding hydrogens is 182 g/mol. The molecule has 0 bridgehead atoms. The highest BCUT2D eigenvalue weighted by Crippen LogP contribution is 2.24. The number of aryl methyl sites for hydroxylation is 1. The number of unbranched alkanes of at least 4 members (excludes halogenated alkanes) is 2. The standard InChI is InChI=1S/C14H19N/c1-3-4-5-9-13(11-15)14-10-7-6-8-12(14)2/h6-8,10,13H,3-5,9H2,1-2H3. The van der Waals surface area contributed by atoms with Crippen molar-refractivity contribution < 1.29 is 0 Å². The average molecular weight is 201 g/mol. The van der Waals surface area contributed by atoms with Gasteiger partial charge >= 0.3 is 0 Å². The Kier molecular flexibility index (Phi) is 4.90. The molecule has 1 nitrogen and oxygen atoms in total. The smallest absolute Gasteiger partial charge is 0.0715 e. The normalized spacial score (nSPS) is 12.1. The minimum absolute atomic E-state index is 0.0812. The zero-order valence-corrected chi connectivity index (χ0v) is 9.66. The third kappa shape index (κ3) is 3.40. The fraction of sp³-hybridized carbons (Fsp3) is 0.500. The van der Waals surface area contributed by atoms with E-state index in [4.69, 9.17) is 5.26 Å². The van der Waals surface area contributed by atoms with E-state index in [1.54, 1.807) is 0 Å². The minimum Gasteiger partial charge on any atom is -0.198 e. The Morgan fingerprint density at radius 1 is 1.27 bits per heavy atom. The van der Waals surface area contributed by atoms with Crippen LogP contribution in [0.4, 0.5) is 0 Å². The predicted octanol–water partition coefficient (Wildman–Crippen LogP) is 4.18. The summed E-state index contributed by atoms with van der Waals surface area (Å²) in [6, 6.07) is 10.6. The predicted molar refractivity (Wildman–Crippen MR) is 63.7 cm³/mol. The lowest BCUT2D eigenvalue weighted by Gasteiger charge is -2.11. The minimum atomic E-state index is 0.0812. The van der Waals surface area contributed by atoms with Crippen molar-refractivity contribution in [2.45, 2.75) is 45.4 Å². The van der Waals surface area contributed by atoms with Crippen molar-refractivity contribution in [2.24, 2.45) is 0 Å². The Balaban J connectivity index is 2.67. The summed E-state index contributed by atoms with van der Waals surface area (Å²) < 4.78 is 0. The summed E-state index contributed by atoms with van der Waals surface area (Å²) in [7, 11) is 0. The Morgan fingerprint density at radius 3 is 2.60 bits per heavy atom. The molecule has 0 saturated heterocycles. The first kappa shape index (κ1) is 11.8. The number of benzene rings is 1. The second-order valence-corrected chi connectivity index (χ2v) is 4.03. The summed E-state index contributed by atoms with van der Waals surface area (Å²) in [5.41, 5.74) is 2.44. The van der Waals surface area contributed by atoms with E-state index in [2.05, 4.69) is 32.0 Å². The van der Waals surface area contributed by atoms with Gasteiger partial charge in [-0.3, -0.25) is 0 Å². The van der Waals surface area contributed by atoms with Crippen LogP contribution in [0.15, 0.2) is 24.3 Å². The largest absolute Gasteiger partial charge is 0.198 e. The van der Waals surface area contributed by atoms with Crippen LogP contribution in [0.3, 0.4) is 0 Å². The second kappa shape index (κ2) is 6.24. The monoisotopic (exact) mass is 201 g/mol. The maximum atomic E-state index is 9.15. The molecule has 15 heavy (non-hydrogen) atoms. The fourth-order valence-electron chi connectivity index (χ4n) is 1.87. The van der Waals surface area contributed by atoms with Gasteiger partial charge in [-0.25, -0.2) is 0 Å². The first-order valence-corrected chi connectivity index (χ1v) is 5.74. The Bertz CT molecular complexity index is 335. The van der Waals surface area contributed by atoms with Crippen molar-refractivity contribution in [3.8, 4) is 6.07 Å².